The normalized spacial score (nSPS) is 16.9. The summed E-state index contributed by atoms with van der Waals surface area (Å²) in [6, 6.07) is 6.11. The summed E-state index contributed by atoms with van der Waals surface area (Å²) in [6.07, 6.45) is 2.20. The van der Waals surface area contributed by atoms with Gasteiger partial charge in [-0.3, -0.25) is 9.59 Å². The highest BCUT2D eigenvalue weighted by Crippen LogP contribution is 2.21. The fourth-order valence-corrected chi connectivity index (χ4v) is 5.48. The van der Waals surface area contributed by atoms with Crippen LogP contribution in [0.1, 0.15) is 44.0 Å². The first-order valence-corrected chi connectivity index (χ1v) is 11.8. The Kier molecular flexibility index (Phi) is 7.88. The van der Waals surface area contributed by atoms with Crippen LogP contribution >= 0.6 is 11.8 Å². The lowest BCUT2D eigenvalue weighted by Gasteiger charge is -2.35. The van der Waals surface area contributed by atoms with Crippen LogP contribution in [0.15, 0.2) is 29.2 Å². The van der Waals surface area contributed by atoms with Crippen LogP contribution in [0.4, 0.5) is 0 Å². The number of carbonyl (C=O) groups is 2. The molecule has 27 heavy (non-hydrogen) atoms. The molecule has 1 fully saturated rings. The summed E-state index contributed by atoms with van der Waals surface area (Å²) in [5, 5.41) is -0.105. The first kappa shape index (κ1) is 21.9. The van der Waals surface area contributed by atoms with Crippen LogP contribution in [0.2, 0.25) is 0 Å². The number of thioether (sulfide) groups is 1. The topological polar surface area (TPSA) is 74.8 Å². The summed E-state index contributed by atoms with van der Waals surface area (Å²) in [4.78, 5) is 25.9. The predicted octanol–water partition coefficient (Wildman–Crippen LogP) is 2.64. The minimum Gasteiger partial charge on any atom is -0.339 e. The Hall–Kier alpha value is -1.38. The summed E-state index contributed by atoms with van der Waals surface area (Å²) in [5.74, 6) is 0.869. The molecule has 1 aromatic carbocycles. The maximum Gasteiger partial charge on any atom is 0.243 e. The number of hydrogen-bond donors (Lipinski definition) is 0. The van der Waals surface area contributed by atoms with Gasteiger partial charge < -0.3 is 4.90 Å². The van der Waals surface area contributed by atoms with Gasteiger partial charge in [0.15, 0.2) is 5.78 Å². The average Bonchev–Trinajstić information content (AvgIpc) is 2.67. The van der Waals surface area contributed by atoms with Crippen molar-refractivity contribution in [1.29, 1.82) is 0 Å². The van der Waals surface area contributed by atoms with Gasteiger partial charge >= 0.3 is 0 Å². The number of carbonyl (C=O) groups excluding carboxylic acids is 2. The molecule has 1 aromatic rings. The molecule has 6 nitrogen and oxygen atoms in total. The van der Waals surface area contributed by atoms with E-state index in [1.54, 1.807) is 28.8 Å². The second-order valence-corrected chi connectivity index (χ2v) is 10.1. The Morgan fingerprint density at radius 2 is 1.85 bits per heavy atom. The molecule has 0 spiro atoms. The second kappa shape index (κ2) is 9.71. The molecule has 0 saturated carbocycles. The lowest BCUT2D eigenvalue weighted by molar-refractivity contribution is -0.131. The third-order valence-electron chi connectivity index (χ3n) is 4.64. The number of rotatable bonds is 8. The molecule has 0 aromatic heterocycles. The van der Waals surface area contributed by atoms with E-state index < -0.39 is 10.0 Å². The van der Waals surface area contributed by atoms with Crippen molar-refractivity contribution in [2.75, 3.05) is 31.9 Å². The summed E-state index contributed by atoms with van der Waals surface area (Å²) in [6.45, 7) is 6.77. The monoisotopic (exact) mass is 412 g/mol. The van der Waals surface area contributed by atoms with E-state index in [1.807, 2.05) is 6.92 Å². The zero-order valence-corrected chi connectivity index (χ0v) is 17.8. The number of Topliss-reactive ketones (excluding diaryl/α,β-unsaturated/α-hetero) is 1. The molecule has 2 rings (SSSR count). The number of unbranched alkanes of at least 4 members (excludes halogenated alkanes) is 1. The highest BCUT2D eigenvalue weighted by atomic mass is 32.2. The molecule has 8 heteroatoms. The van der Waals surface area contributed by atoms with Crippen molar-refractivity contribution in [1.82, 2.24) is 9.21 Å². The zero-order valence-electron chi connectivity index (χ0n) is 16.2. The van der Waals surface area contributed by atoms with E-state index >= 15 is 0 Å². The van der Waals surface area contributed by atoms with Gasteiger partial charge in [-0.1, -0.05) is 25.5 Å². The number of sulfonamides is 1. The zero-order chi connectivity index (χ0) is 20.0. The van der Waals surface area contributed by atoms with E-state index in [0.29, 0.717) is 18.7 Å². The molecule has 1 aliphatic heterocycles. The first-order chi connectivity index (χ1) is 12.8. The quantitative estimate of drug-likeness (QED) is 0.485. The summed E-state index contributed by atoms with van der Waals surface area (Å²) in [5.41, 5.74) is 0.378. The molecular formula is C19H28N2O4S2. The van der Waals surface area contributed by atoms with Gasteiger partial charge in [0.2, 0.25) is 15.9 Å². The fraction of sp³-hybridized carbons (Fsp3) is 0.579. The Bertz CT molecular complexity index is 772. The van der Waals surface area contributed by atoms with E-state index in [1.165, 1.54) is 23.4 Å². The number of benzene rings is 1. The number of nitrogens with zero attached hydrogens (tertiary/aromatic N) is 2. The molecule has 1 aliphatic rings. The van der Waals surface area contributed by atoms with E-state index in [9.17, 15) is 18.0 Å². The number of ketones is 1. The summed E-state index contributed by atoms with van der Waals surface area (Å²) >= 11 is 1.66. The smallest absolute Gasteiger partial charge is 0.243 e. The lowest BCUT2D eigenvalue weighted by Crippen LogP contribution is -2.52. The molecule has 150 valence electrons. The Labute approximate surface area is 166 Å². The van der Waals surface area contributed by atoms with Gasteiger partial charge in [0.1, 0.15) is 0 Å². The van der Waals surface area contributed by atoms with E-state index in [4.69, 9.17) is 0 Å². The molecule has 0 bridgehead atoms. The molecule has 0 aliphatic carbocycles. The first-order valence-electron chi connectivity index (χ1n) is 9.29. The van der Waals surface area contributed by atoms with Crippen molar-refractivity contribution >= 4 is 33.5 Å². The molecule has 1 unspecified atom stereocenters. The molecule has 1 atom stereocenters. The van der Waals surface area contributed by atoms with Crippen LogP contribution in [-0.2, 0) is 14.8 Å². The van der Waals surface area contributed by atoms with Crippen molar-refractivity contribution in [2.24, 2.45) is 0 Å². The van der Waals surface area contributed by atoms with Gasteiger partial charge in [0.05, 0.1) is 10.1 Å². The highest BCUT2D eigenvalue weighted by molar-refractivity contribution is 8.00. The van der Waals surface area contributed by atoms with Gasteiger partial charge in [0.25, 0.3) is 0 Å². The number of hydrogen-bond acceptors (Lipinski definition) is 5. The molecule has 1 saturated heterocycles. The van der Waals surface area contributed by atoms with Gasteiger partial charge in [0, 0.05) is 31.7 Å². The van der Waals surface area contributed by atoms with Crippen molar-refractivity contribution in [2.45, 2.75) is 43.8 Å². The van der Waals surface area contributed by atoms with Crippen LogP contribution in [0.25, 0.3) is 0 Å². The highest BCUT2D eigenvalue weighted by Gasteiger charge is 2.31. The van der Waals surface area contributed by atoms with Crippen LogP contribution in [0.3, 0.4) is 0 Å². The van der Waals surface area contributed by atoms with Crippen LogP contribution in [-0.4, -0.2) is 66.5 Å². The SMILES string of the molecule is CCCCSC(C)C(=O)N1CCN(S(=O)(=O)c2cccc(C(C)=O)c2)CC1. The minimum absolute atomic E-state index is 0.0757. The van der Waals surface area contributed by atoms with Gasteiger partial charge in [-0.15, -0.1) is 11.8 Å². The van der Waals surface area contributed by atoms with Crippen molar-refractivity contribution in [3.8, 4) is 0 Å². The number of amides is 1. The Balaban J connectivity index is 1.99. The fourth-order valence-electron chi connectivity index (χ4n) is 2.91. The summed E-state index contributed by atoms with van der Waals surface area (Å²) in [7, 11) is -3.67. The van der Waals surface area contributed by atoms with Gasteiger partial charge in [-0.05, 0) is 38.2 Å². The van der Waals surface area contributed by atoms with Crippen molar-refractivity contribution < 1.29 is 18.0 Å². The molecule has 0 N–H and O–H groups in total. The van der Waals surface area contributed by atoms with Crippen molar-refractivity contribution in [3.05, 3.63) is 29.8 Å². The van der Waals surface area contributed by atoms with E-state index in [-0.39, 0.29) is 34.9 Å². The van der Waals surface area contributed by atoms with Gasteiger partial charge in [-0.2, -0.15) is 4.31 Å². The molecule has 1 heterocycles. The second-order valence-electron chi connectivity index (χ2n) is 6.68. The lowest BCUT2D eigenvalue weighted by atomic mass is 10.2. The van der Waals surface area contributed by atoms with E-state index in [0.717, 1.165) is 18.6 Å². The maximum atomic E-state index is 12.9. The third kappa shape index (κ3) is 5.56. The Morgan fingerprint density at radius 1 is 1.19 bits per heavy atom. The standard InChI is InChI=1S/C19H28N2O4S2/c1-4-5-13-26-16(3)19(23)20-9-11-21(12-10-20)27(24,25)18-8-6-7-17(14-18)15(2)22/h6-8,14,16H,4-5,9-13H2,1-3H3. The Morgan fingerprint density at radius 3 is 2.44 bits per heavy atom. The predicted molar refractivity (Wildman–Crippen MR) is 109 cm³/mol. The largest absolute Gasteiger partial charge is 0.339 e. The maximum absolute atomic E-state index is 12.9. The van der Waals surface area contributed by atoms with Crippen LogP contribution < -0.4 is 0 Å². The average molecular weight is 413 g/mol. The van der Waals surface area contributed by atoms with E-state index in [2.05, 4.69) is 6.92 Å². The van der Waals surface area contributed by atoms with Gasteiger partial charge in [-0.25, -0.2) is 8.42 Å². The summed E-state index contributed by atoms with van der Waals surface area (Å²) < 4.78 is 27.1. The molecule has 0 radical (unpaired) electrons. The van der Waals surface area contributed by atoms with Crippen LogP contribution in [0.5, 0.6) is 0 Å². The van der Waals surface area contributed by atoms with Crippen LogP contribution in [0, 0.1) is 0 Å². The minimum atomic E-state index is -3.67. The molecule has 1 amide bonds. The number of piperazine rings is 1. The third-order valence-corrected chi connectivity index (χ3v) is 7.76. The van der Waals surface area contributed by atoms with Crippen molar-refractivity contribution in [3.63, 3.8) is 0 Å². The molecular weight excluding hydrogens is 384 g/mol.